The van der Waals surface area contributed by atoms with Gasteiger partial charge in [-0.25, -0.2) is 0 Å². The van der Waals surface area contributed by atoms with Crippen LogP contribution in [0.25, 0.3) is 0 Å². The molecule has 4 heteroatoms. The van der Waals surface area contributed by atoms with Crippen molar-refractivity contribution in [2.24, 2.45) is 5.92 Å². The maximum atomic E-state index is 11.9. The van der Waals surface area contributed by atoms with Gasteiger partial charge in [-0.2, -0.15) is 0 Å². The van der Waals surface area contributed by atoms with Crippen LogP contribution in [0.1, 0.15) is 39.7 Å². The third-order valence-corrected chi connectivity index (χ3v) is 3.53. The monoisotopic (exact) mass is 340 g/mol. The lowest BCUT2D eigenvalue weighted by Gasteiger charge is -2.12. The summed E-state index contributed by atoms with van der Waals surface area (Å²) in [6.45, 7) is 8.82. The highest BCUT2D eigenvalue weighted by Gasteiger charge is 2.05. The second kappa shape index (κ2) is 9.11. The minimum atomic E-state index is 0.0490. The number of rotatable bonds is 8. The van der Waals surface area contributed by atoms with Crippen LogP contribution in [0.4, 0.5) is 11.4 Å². The van der Waals surface area contributed by atoms with Gasteiger partial charge in [-0.1, -0.05) is 32.0 Å². The van der Waals surface area contributed by atoms with Gasteiger partial charge in [0.15, 0.2) is 0 Å². The average molecular weight is 340 g/mol. The Labute approximate surface area is 150 Å². The van der Waals surface area contributed by atoms with Crippen molar-refractivity contribution >= 4 is 17.3 Å². The Morgan fingerprint density at radius 2 is 1.68 bits per heavy atom. The van der Waals surface area contributed by atoms with Gasteiger partial charge in [0.05, 0.1) is 6.10 Å². The number of carbonyl (C=O) groups excluding carboxylic acids is 1. The Balaban J connectivity index is 1.90. The van der Waals surface area contributed by atoms with Gasteiger partial charge >= 0.3 is 0 Å². The molecule has 0 heterocycles. The van der Waals surface area contributed by atoms with Crippen LogP contribution >= 0.6 is 0 Å². The molecule has 4 nitrogen and oxygen atoms in total. The number of benzene rings is 2. The molecular formula is C21H28N2O2. The molecule has 0 aromatic heterocycles. The third-order valence-electron chi connectivity index (χ3n) is 3.53. The molecule has 2 N–H and O–H groups in total. The van der Waals surface area contributed by atoms with E-state index in [2.05, 4.69) is 22.8 Å². The van der Waals surface area contributed by atoms with E-state index < -0.39 is 0 Å². The summed E-state index contributed by atoms with van der Waals surface area (Å²) in [7, 11) is 0. The quantitative estimate of drug-likeness (QED) is 0.705. The molecule has 2 aromatic rings. The zero-order valence-electron chi connectivity index (χ0n) is 15.5. The zero-order chi connectivity index (χ0) is 18.2. The molecule has 0 aliphatic carbocycles. The van der Waals surface area contributed by atoms with E-state index in [4.69, 9.17) is 4.74 Å². The molecular weight excluding hydrogens is 312 g/mol. The van der Waals surface area contributed by atoms with Gasteiger partial charge in [0.2, 0.25) is 5.91 Å². The van der Waals surface area contributed by atoms with Gasteiger partial charge in [-0.15, -0.1) is 0 Å². The van der Waals surface area contributed by atoms with Crippen LogP contribution in [0, 0.1) is 5.92 Å². The molecule has 0 spiro atoms. The fraction of sp³-hybridized carbons (Fsp3) is 0.381. The van der Waals surface area contributed by atoms with Crippen LogP contribution in [0.3, 0.4) is 0 Å². The fourth-order valence-corrected chi connectivity index (χ4v) is 2.45. The summed E-state index contributed by atoms with van der Waals surface area (Å²) in [6.07, 6.45) is 0.709. The molecule has 134 valence electrons. The fourth-order valence-electron chi connectivity index (χ4n) is 2.45. The van der Waals surface area contributed by atoms with Gasteiger partial charge < -0.3 is 15.4 Å². The molecule has 2 aromatic carbocycles. The standard InChI is InChI=1S/C21H28N2O2/c1-15(2)12-21(24)23-19-7-5-6-18(13-19)22-14-17-8-10-20(11-9-17)25-16(3)4/h5-11,13,15-16,22H,12,14H2,1-4H3,(H,23,24). The lowest BCUT2D eigenvalue weighted by atomic mass is 10.1. The largest absolute Gasteiger partial charge is 0.491 e. The Hall–Kier alpha value is -2.49. The van der Waals surface area contributed by atoms with Crippen LogP contribution in [0.15, 0.2) is 48.5 Å². The average Bonchev–Trinajstić information content (AvgIpc) is 2.53. The Morgan fingerprint density at radius 3 is 2.32 bits per heavy atom. The first-order chi connectivity index (χ1) is 11.9. The van der Waals surface area contributed by atoms with Crippen molar-refractivity contribution < 1.29 is 9.53 Å². The second-order valence-electron chi connectivity index (χ2n) is 6.89. The number of nitrogens with one attached hydrogen (secondary N) is 2. The minimum Gasteiger partial charge on any atom is -0.491 e. The zero-order valence-corrected chi connectivity index (χ0v) is 15.5. The summed E-state index contributed by atoms with van der Waals surface area (Å²) < 4.78 is 5.65. The number of amides is 1. The molecule has 0 fully saturated rings. The van der Waals surface area contributed by atoms with E-state index in [1.54, 1.807) is 0 Å². The molecule has 0 bridgehead atoms. The molecule has 25 heavy (non-hydrogen) atoms. The molecule has 0 aliphatic heterocycles. The maximum absolute atomic E-state index is 11.9. The summed E-state index contributed by atoms with van der Waals surface area (Å²) in [5, 5.41) is 6.33. The number of carbonyl (C=O) groups is 1. The van der Waals surface area contributed by atoms with E-state index >= 15 is 0 Å². The molecule has 0 aliphatic rings. The summed E-state index contributed by atoms with van der Waals surface area (Å²) >= 11 is 0. The smallest absolute Gasteiger partial charge is 0.224 e. The molecule has 0 saturated heterocycles. The van der Waals surface area contributed by atoms with Crippen LogP contribution in [-0.4, -0.2) is 12.0 Å². The number of ether oxygens (including phenoxy) is 1. The van der Waals surface area contributed by atoms with Gasteiger partial charge in [-0.3, -0.25) is 4.79 Å². The maximum Gasteiger partial charge on any atom is 0.224 e. The van der Waals surface area contributed by atoms with E-state index in [0.717, 1.165) is 17.1 Å². The summed E-state index contributed by atoms with van der Waals surface area (Å²) in [6, 6.07) is 15.9. The molecule has 2 rings (SSSR count). The highest BCUT2D eigenvalue weighted by atomic mass is 16.5. The van der Waals surface area contributed by atoms with Crippen molar-refractivity contribution in [1.29, 1.82) is 0 Å². The van der Waals surface area contributed by atoms with Crippen LogP contribution in [-0.2, 0) is 11.3 Å². The van der Waals surface area contributed by atoms with Crippen LogP contribution in [0.5, 0.6) is 5.75 Å². The van der Waals surface area contributed by atoms with E-state index in [9.17, 15) is 4.79 Å². The van der Waals surface area contributed by atoms with E-state index in [0.29, 0.717) is 18.9 Å². The van der Waals surface area contributed by atoms with Gasteiger partial charge in [0.1, 0.15) is 5.75 Å². The first kappa shape index (κ1) is 18.8. The Morgan fingerprint density at radius 1 is 1.00 bits per heavy atom. The summed E-state index contributed by atoms with van der Waals surface area (Å²) in [5.41, 5.74) is 2.96. The lowest BCUT2D eigenvalue weighted by molar-refractivity contribution is -0.116. The normalized spacial score (nSPS) is 10.8. The van der Waals surface area contributed by atoms with Crippen molar-refractivity contribution in [3.05, 3.63) is 54.1 Å². The van der Waals surface area contributed by atoms with Crippen LogP contribution in [0.2, 0.25) is 0 Å². The van der Waals surface area contributed by atoms with E-state index in [1.807, 2.05) is 64.1 Å². The summed E-state index contributed by atoms with van der Waals surface area (Å²) in [4.78, 5) is 11.9. The van der Waals surface area contributed by atoms with E-state index in [1.165, 1.54) is 5.56 Å². The minimum absolute atomic E-state index is 0.0490. The predicted molar refractivity (Wildman–Crippen MR) is 104 cm³/mol. The number of hydrogen-bond donors (Lipinski definition) is 2. The molecule has 0 atom stereocenters. The van der Waals surface area contributed by atoms with Crippen molar-refractivity contribution in [3.63, 3.8) is 0 Å². The third kappa shape index (κ3) is 6.87. The van der Waals surface area contributed by atoms with Gasteiger partial charge in [-0.05, 0) is 55.7 Å². The van der Waals surface area contributed by atoms with Crippen molar-refractivity contribution in [2.75, 3.05) is 10.6 Å². The van der Waals surface area contributed by atoms with E-state index in [-0.39, 0.29) is 12.0 Å². The molecule has 1 amide bonds. The van der Waals surface area contributed by atoms with Crippen molar-refractivity contribution in [1.82, 2.24) is 0 Å². The van der Waals surface area contributed by atoms with Gasteiger partial charge in [0.25, 0.3) is 0 Å². The Kier molecular flexibility index (Phi) is 6.87. The molecule has 0 unspecified atom stereocenters. The second-order valence-corrected chi connectivity index (χ2v) is 6.89. The number of anilines is 2. The highest BCUT2D eigenvalue weighted by Crippen LogP contribution is 2.18. The highest BCUT2D eigenvalue weighted by molar-refractivity contribution is 5.91. The Bertz CT molecular complexity index is 679. The SMILES string of the molecule is CC(C)CC(=O)Nc1cccc(NCc2ccc(OC(C)C)cc2)c1. The predicted octanol–water partition coefficient (Wildman–Crippen LogP) is 5.07. The first-order valence-electron chi connectivity index (χ1n) is 8.81. The molecule has 0 saturated carbocycles. The molecule has 0 radical (unpaired) electrons. The number of hydrogen-bond acceptors (Lipinski definition) is 3. The van der Waals surface area contributed by atoms with Crippen LogP contribution < -0.4 is 15.4 Å². The first-order valence-corrected chi connectivity index (χ1v) is 8.81. The van der Waals surface area contributed by atoms with Crippen molar-refractivity contribution in [3.8, 4) is 5.75 Å². The van der Waals surface area contributed by atoms with Gasteiger partial charge in [0, 0.05) is 24.3 Å². The van der Waals surface area contributed by atoms with Crippen molar-refractivity contribution in [2.45, 2.75) is 46.8 Å². The lowest BCUT2D eigenvalue weighted by Crippen LogP contribution is -2.13. The summed E-state index contributed by atoms with van der Waals surface area (Å²) in [5.74, 6) is 1.28. The topological polar surface area (TPSA) is 50.4 Å².